The molecule has 12 nitrogen and oxygen atoms in total. The summed E-state index contributed by atoms with van der Waals surface area (Å²) < 4.78 is 10.7. The van der Waals surface area contributed by atoms with Crippen LogP contribution >= 0.6 is 0 Å². The predicted molar refractivity (Wildman–Crippen MR) is 166 cm³/mol. The van der Waals surface area contributed by atoms with Crippen LogP contribution in [0.5, 0.6) is 0 Å². The van der Waals surface area contributed by atoms with Gasteiger partial charge in [0.05, 0.1) is 6.54 Å². The number of ether oxygens (including phenoxy) is 1. The molecule has 0 saturated carbocycles. The number of aromatic nitrogens is 2. The van der Waals surface area contributed by atoms with Gasteiger partial charge in [-0.15, -0.1) is 0 Å². The van der Waals surface area contributed by atoms with Gasteiger partial charge in [-0.3, -0.25) is 14.6 Å². The largest absolute Gasteiger partial charge is 0.444 e. The Morgan fingerprint density at radius 3 is 2.25 bits per heavy atom. The number of amides is 3. The molecule has 0 aliphatic carbocycles. The molecule has 1 aliphatic rings. The summed E-state index contributed by atoms with van der Waals surface area (Å²) >= 11 is 0. The lowest BCUT2D eigenvalue weighted by Gasteiger charge is -2.32. The number of hydrogen-bond donors (Lipinski definition) is 1. The minimum atomic E-state index is -0.650. The SMILES string of the molecule is CCN(CCN(CC(=O)N(C)N1Cc2ccccc2C1)C(=O)CNc1cc(-c2noc(C)n2)ccc1C)C(=O)OC(C)(C)C. The van der Waals surface area contributed by atoms with E-state index < -0.39 is 11.7 Å². The second kappa shape index (κ2) is 13.9. The van der Waals surface area contributed by atoms with Crippen molar-refractivity contribution in [3.63, 3.8) is 0 Å². The lowest BCUT2D eigenvalue weighted by molar-refractivity contribution is -0.151. The number of aryl methyl sites for hydroxylation is 2. The molecule has 0 spiro atoms. The molecule has 1 aromatic heterocycles. The van der Waals surface area contributed by atoms with Crippen LogP contribution < -0.4 is 5.32 Å². The van der Waals surface area contributed by atoms with Crippen molar-refractivity contribution in [1.82, 2.24) is 30.0 Å². The lowest BCUT2D eigenvalue weighted by atomic mass is 10.1. The summed E-state index contributed by atoms with van der Waals surface area (Å²) in [5.41, 5.74) is 4.12. The van der Waals surface area contributed by atoms with E-state index >= 15 is 0 Å². The van der Waals surface area contributed by atoms with Gasteiger partial charge >= 0.3 is 6.09 Å². The minimum absolute atomic E-state index is 0.0553. The molecule has 0 saturated heterocycles. The van der Waals surface area contributed by atoms with Gasteiger partial charge in [0, 0.05) is 57.9 Å². The fraction of sp³-hybridized carbons (Fsp3) is 0.469. The first kappa shape index (κ1) is 32.5. The molecule has 236 valence electrons. The van der Waals surface area contributed by atoms with Crippen LogP contribution in [-0.2, 0) is 27.4 Å². The van der Waals surface area contributed by atoms with Crippen LogP contribution in [0.1, 0.15) is 50.3 Å². The first-order valence-corrected chi connectivity index (χ1v) is 14.8. The van der Waals surface area contributed by atoms with Gasteiger partial charge in [0.2, 0.25) is 17.6 Å². The number of fused-ring (bicyclic) bond motifs is 1. The van der Waals surface area contributed by atoms with Crippen molar-refractivity contribution < 1.29 is 23.6 Å². The highest BCUT2D eigenvalue weighted by atomic mass is 16.6. The van der Waals surface area contributed by atoms with E-state index in [0.717, 1.165) is 16.8 Å². The van der Waals surface area contributed by atoms with Crippen molar-refractivity contribution in [2.24, 2.45) is 0 Å². The number of nitrogens with one attached hydrogen (secondary N) is 1. The van der Waals surface area contributed by atoms with Crippen molar-refractivity contribution >= 4 is 23.6 Å². The molecule has 4 rings (SSSR count). The van der Waals surface area contributed by atoms with Gasteiger partial charge in [-0.25, -0.2) is 9.80 Å². The summed E-state index contributed by atoms with van der Waals surface area (Å²) in [4.78, 5) is 47.2. The third-order valence-corrected chi connectivity index (χ3v) is 7.41. The molecular formula is C32H43N7O5. The predicted octanol–water partition coefficient (Wildman–Crippen LogP) is 4.24. The number of nitrogens with zero attached hydrogens (tertiary/aromatic N) is 6. The van der Waals surface area contributed by atoms with E-state index in [2.05, 4.69) is 27.6 Å². The molecule has 2 heterocycles. The first-order valence-electron chi connectivity index (χ1n) is 14.8. The normalized spacial score (nSPS) is 12.9. The standard InChI is InChI=1S/C32H43N7O5/c1-8-37(31(42)43-32(4,5)6)15-16-38(21-29(41)36(7)39-19-25-11-9-10-12-26(25)20-39)28(40)18-33-27-17-24(14-13-22(27)2)30-34-23(3)44-35-30/h9-14,17,33H,8,15-16,18-21H2,1-7H3. The highest BCUT2D eigenvalue weighted by molar-refractivity contribution is 5.87. The second-order valence-corrected chi connectivity index (χ2v) is 11.9. The van der Waals surface area contributed by atoms with Crippen LogP contribution in [0.2, 0.25) is 0 Å². The number of rotatable bonds is 11. The molecule has 0 bridgehead atoms. The molecule has 1 N–H and O–H groups in total. The lowest BCUT2D eigenvalue weighted by Crippen LogP contribution is -2.50. The van der Waals surface area contributed by atoms with Gasteiger partial charge in [-0.1, -0.05) is 41.6 Å². The Labute approximate surface area is 258 Å². The molecule has 0 fully saturated rings. The second-order valence-electron chi connectivity index (χ2n) is 11.9. The van der Waals surface area contributed by atoms with Gasteiger partial charge in [-0.2, -0.15) is 4.98 Å². The number of carbonyl (C=O) groups is 3. The third-order valence-electron chi connectivity index (χ3n) is 7.41. The molecule has 0 atom stereocenters. The zero-order chi connectivity index (χ0) is 32.0. The Kier molecular flexibility index (Phi) is 10.3. The van der Waals surface area contributed by atoms with E-state index in [-0.39, 0.29) is 38.0 Å². The fourth-order valence-electron chi connectivity index (χ4n) is 4.84. The van der Waals surface area contributed by atoms with Gasteiger partial charge < -0.3 is 24.4 Å². The van der Waals surface area contributed by atoms with E-state index in [4.69, 9.17) is 9.26 Å². The van der Waals surface area contributed by atoms with Crippen LogP contribution in [0.15, 0.2) is 47.0 Å². The van der Waals surface area contributed by atoms with Crippen LogP contribution in [0.3, 0.4) is 0 Å². The summed E-state index contributed by atoms with van der Waals surface area (Å²) in [6.07, 6.45) is -0.465. The smallest absolute Gasteiger partial charge is 0.410 e. The van der Waals surface area contributed by atoms with Crippen LogP contribution in [-0.4, -0.2) is 93.2 Å². The van der Waals surface area contributed by atoms with Crippen molar-refractivity contribution in [1.29, 1.82) is 0 Å². The Bertz CT molecular complexity index is 1460. The van der Waals surface area contributed by atoms with E-state index in [1.165, 1.54) is 20.9 Å². The average Bonchev–Trinajstić information content (AvgIpc) is 3.61. The molecule has 0 radical (unpaired) electrons. The number of anilines is 1. The zero-order valence-electron chi connectivity index (χ0n) is 26.7. The minimum Gasteiger partial charge on any atom is -0.444 e. The molecule has 3 aromatic rings. The Balaban J connectivity index is 1.46. The Morgan fingerprint density at radius 2 is 1.66 bits per heavy atom. The maximum Gasteiger partial charge on any atom is 0.410 e. The molecular weight excluding hydrogens is 562 g/mol. The number of hydrogen-bond acceptors (Lipinski definition) is 9. The van der Waals surface area contributed by atoms with E-state index in [1.54, 1.807) is 19.0 Å². The van der Waals surface area contributed by atoms with Crippen molar-refractivity contribution in [3.8, 4) is 11.4 Å². The number of hydrazine groups is 1. The van der Waals surface area contributed by atoms with Gasteiger partial charge in [-0.05, 0) is 57.4 Å². The molecule has 12 heteroatoms. The summed E-state index contributed by atoms with van der Waals surface area (Å²) in [6.45, 7) is 12.7. The summed E-state index contributed by atoms with van der Waals surface area (Å²) in [5, 5.41) is 10.7. The fourth-order valence-corrected chi connectivity index (χ4v) is 4.84. The van der Waals surface area contributed by atoms with Crippen LogP contribution in [0.25, 0.3) is 11.4 Å². The number of carbonyl (C=O) groups excluding carboxylic acids is 3. The molecule has 2 aromatic carbocycles. The molecule has 1 aliphatic heterocycles. The topological polar surface area (TPSA) is 124 Å². The first-order chi connectivity index (χ1) is 20.8. The van der Waals surface area contributed by atoms with Gasteiger partial charge in [0.25, 0.3) is 5.91 Å². The van der Waals surface area contributed by atoms with Crippen molar-refractivity contribution in [2.75, 3.05) is 45.1 Å². The van der Waals surface area contributed by atoms with Crippen LogP contribution in [0.4, 0.5) is 10.5 Å². The summed E-state index contributed by atoms with van der Waals surface area (Å²) in [6, 6.07) is 13.8. The molecule has 44 heavy (non-hydrogen) atoms. The Hall–Kier alpha value is -4.45. The highest BCUT2D eigenvalue weighted by Gasteiger charge is 2.28. The zero-order valence-corrected chi connectivity index (χ0v) is 26.7. The van der Waals surface area contributed by atoms with E-state index in [9.17, 15) is 14.4 Å². The summed E-state index contributed by atoms with van der Waals surface area (Å²) in [5.74, 6) is 0.410. The van der Waals surface area contributed by atoms with Gasteiger partial charge in [0.15, 0.2) is 0 Å². The molecule has 0 unspecified atom stereocenters. The number of benzene rings is 2. The van der Waals surface area contributed by atoms with Crippen molar-refractivity contribution in [2.45, 2.75) is 60.2 Å². The van der Waals surface area contributed by atoms with Gasteiger partial charge in [0.1, 0.15) is 12.1 Å². The monoisotopic (exact) mass is 605 g/mol. The average molecular weight is 606 g/mol. The number of likely N-dealkylation sites (N-methyl/N-ethyl adjacent to an activating group) is 2. The maximum atomic E-state index is 13.6. The quantitative estimate of drug-likeness (QED) is 0.342. The van der Waals surface area contributed by atoms with E-state index in [1.807, 2.05) is 70.0 Å². The van der Waals surface area contributed by atoms with Crippen molar-refractivity contribution in [3.05, 3.63) is 65.0 Å². The van der Waals surface area contributed by atoms with Crippen LogP contribution in [0, 0.1) is 13.8 Å². The highest BCUT2D eigenvalue weighted by Crippen LogP contribution is 2.25. The molecule has 3 amide bonds. The summed E-state index contributed by atoms with van der Waals surface area (Å²) in [7, 11) is 1.72. The third kappa shape index (κ3) is 8.34. The van der Waals surface area contributed by atoms with E-state index in [0.29, 0.717) is 31.3 Å². The maximum absolute atomic E-state index is 13.6. The Morgan fingerprint density at radius 1 is 1.00 bits per heavy atom.